The average molecular weight is 403 g/mol. The average Bonchev–Trinajstić information content (AvgIpc) is 2.83. The zero-order chi connectivity index (χ0) is 20.8. The third-order valence-electron chi connectivity index (χ3n) is 8.40. The van der Waals surface area contributed by atoms with Crippen LogP contribution in [-0.4, -0.2) is 0 Å². The summed E-state index contributed by atoms with van der Waals surface area (Å²) in [5.74, 6) is 3.63. The van der Waals surface area contributed by atoms with E-state index in [4.69, 9.17) is 0 Å². The molecule has 2 aliphatic carbocycles. The van der Waals surface area contributed by atoms with Gasteiger partial charge in [-0.15, -0.1) is 0 Å². The van der Waals surface area contributed by atoms with Gasteiger partial charge in [0.2, 0.25) is 0 Å². The Morgan fingerprint density at radius 1 is 0.500 bits per heavy atom. The number of rotatable bonds is 7. The first kappa shape index (κ1) is 21.7. The van der Waals surface area contributed by atoms with Crippen molar-refractivity contribution in [3.63, 3.8) is 0 Å². The second-order valence-electron chi connectivity index (χ2n) is 10.2. The van der Waals surface area contributed by atoms with E-state index in [1.54, 1.807) is 11.1 Å². The van der Waals surface area contributed by atoms with Crippen molar-refractivity contribution in [3.05, 3.63) is 70.8 Å². The zero-order valence-electron chi connectivity index (χ0n) is 19.4. The molecule has 0 unspecified atom stereocenters. The molecule has 0 heterocycles. The van der Waals surface area contributed by atoms with Crippen LogP contribution in [0.25, 0.3) is 0 Å². The SMILES string of the molecule is CCc1ccc(C2CCC(CCC3CCC(c4ccc(CC)cc4)CC3)CC2)cc1. The molecule has 0 saturated heterocycles. The normalized spacial score (nSPS) is 27.1. The fraction of sp³-hybridized carbons (Fsp3) is 0.600. The highest BCUT2D eigenvalue weighted by molar-refractivity contribution is 5.26. The van der Waals surface area contributed by atoms with Crippen LogP contribution in [0, 0.1) is 11.8 Å². The molecule has 0 radical (unpaired) electrons. The molecule has 2 aromatic rings. The van der Waals surface area contributed by atoms with Gasteiger partial charge < -0.3 is 0 Å². The van der Waals surface area contributed by atoms with E-state index in [2.05, 4.69) is 62.4 Å². The summed E-state index contributed by atoms with van der Waals surface area (Å²) in [6, 6.07) is 19.0. The lowest BCUT2D eigenvalue weighted by molar-refractivity contribution is 0.252. The van der Waals surface area contributed by atoms with Gasteiger partial charge in [0, 0.05) is 0 Å². The third kappa shape index (κ3) is 5.57. The lowest BCUT2D eigenvalue weighted by Gasteiger charge is -2.32. The standard InChI is InChI=1S/C30H42/c1-3-23-7-15-27(16-8-23)29-19-11-25(12-20-29)5-6-26-13-21-30(22-14-26)28-17-9-24(4-2)10-18-28/h7-10,15-18,25-26,29-30H,3-6,11-14,19-22H2,1-2H3. The van der Waals surface area contributed by atoms with Gasteiger partial charge in [0.1, 0.15) is 0 Å². The minimum atomic E-state index is 0.821. The Kier molecular flexibility index (Phi) is 7.69. The van der Waals surface area contributed by atoms with Crippen LogP contribution in [0.5, 0.6) is 0 Å². The molecule has 2 saturated carbocycles. The highest BCUT2D eigenvalue weighted by Crippen LogP contribution is 2.41. The summed E-state index contributed by atoms with van der Waals surface area (Å²) < 4.78 is 0. The number of hydrogen-bond acceptors (Lipinski definition) is 0. The molecule has 4 rings (SSSR count). The van der Waals surface area contributed by atoms with Crippen LogP contribution < -0.4 is 0 Å². The van der Waals surface area contributed by atoms with E-state index >= 15 is 0 Å². The molecule has 30 heavy (non-hydrogen) atoms. The van der Waals surface area contributed by atoms with Crippen LogP contribution in [-0.2, 0) is 12.8 Å². The molecule has 0 nitrogen and oxygen atoms in total. The Hall–Kier alpha value is -1.56. The number of aryl methyl sites for hydroxylation is 2. The van der Waals surface area contributed by atoms with Gasteiger partial charge in [-0.1, -0.05) is 75.2 Å². The van der Waals surface area contributed by atoms with Crippen LogP contribution in [0.1, 0.15) is 112 Å². The quantitative estimate of drug-likeness (QED) is 0.434. The molecule has 0 atom stereocenters. The van der Waals surface area contributed by atoms with Gasteiger partial charge >= 0.3 is 0 Å². The Morgan fingerprint density at radius 3 is 1.13 bits per heavy atom. The van der Waals surface area contributed by atoms with Gasteiger partial charge in [-0.3, -0.25) is 0 Å². The van der Waals surface area contributed by atoms with E-state index in [-0.39, 0.29) is 0 Å². The summed E-state index contributed by atoms with van der Waals surface area (Å²) >= 11 is 0. The van der Waals surface area contributed by atoms with E-state index in [0.29, 0.717) is 0 Å². The van der Waals surface area contributed by atoms with Crippen LogP contribution in [0.4, 0.5) is 0 Å². The molecule has 0 bridgehead atoms. The second kappa shape index (κ2) is 10.7. The summed E-state index contributed by atoms with van der Waals surface area (Å²) in [5, 5.41) is 0. The zero-order valence-corrected chi connectivity index (χ0v) is 19.4. The second-order valence-corrected chi connectivity index (χ2v) is 10.2. The molecule has 162 valence electrons. The van der Waals surface area contributed by atoms with Crippen LogP contribution in [0.3, 0.4) is 0 Å². The van der Waals surface area contributed by atoms with E-state index in [9.17, 15) is 0 Å². The Bertz CT molecular complexity index is 670. The fourth-order valence-corrected chi connectivity index (χ4v) is 6.09. The molecular formula is C30H42. The predicted octanol–water partition coefficient (Wildman–Crippen LogP) is 8.84. The lowest BCUT2D eigenvalue weighted by atomic mass is 9.73. The van der Waals surface area contributed by atoms with Crippen molar-refractivity contribution in [2.75, 3.05) is 0 Å². The van der Waals surface area contributed by atoms with Crippen molar-refractivity contribution >= 4 is 0 Å². The van der Waals surface area contributed by atoms with Gasteiger partial charge in [-0.25, -0.2) is 0 Å². The molecule has 2 aliphatic rings. The third-order valence-corrected chi connectivity index (χ3v) is 8.40. The molecule has 0 amide bonds. The predicted molar refractivity (Wildman–Crippen MR) is 130 cm³/mol. The van der Waals surface area contributed by atoms with Crippen LogP contribution in [0.15, 0.2) is 48.5 Å². The van der Waals surface area contributed by atoms with Gasteiger partial charge in [0.15, 0.2) is 0 Å². The lowest BCUT2D eigenvalue weighted by Crippen LogP contribution is -2.17. The largest absolute Gasteiger partial charge is 0.0613 e. The summed E-state index contributed by atoms with van der Waals surface area (Å²) in [4.78, 5) is 0. The summed E-state index contributed by atoms with van der Waals surface area (Å²) in [6.07, 6.45) is 16.8. The van der Waals surface area contributed by atoms with Crippen molar-refractivity contribution in [2.45, 2.75) is 103 Å². The highest BCUT2D eigenvalue weighted by Gasteiger charge is 2.26. The Balaban J connectivity index is 1.16. The van der Waals surface area contributed by atoms with Crippen molar-refractivity contribution in [1.82, 2.24) is 0 Å². The van der Waals surface area contributed by atoms with E-state index in [1.807, 2.05) is 0 Å². The molecule has 0 N–H and O–H groups in total. The molecule has 0 heteroatoms. The molecule has 2 aromatic carbocycles. The first-order valence-corrected chi connectivity index (χ1v) is 12.9. The molecule has 2 fully saturated rings. The van der Waals surface area contributed by atoms with Crippen molar-refractivity contribution in [2.24, 2.45) is 11.8 Å². The summed E-state index contributed by atoms with van der Waals surface area (Å²) in [6.45, 7) is 4.49. The summed E-state index contributed by atoms with van der Waals surface area (Å²) in [5.41, 5.74) is 6.13. The number of benzene rings is 2. The maximum Gasteiger partial charge on any atom is -0.0162 e. The Morgan fingerprint density at radius 2 is 0.833 bits per heavy atom. The maximum absolute atomic E-state index is 2.40. The summed E-state index contributed by atoms with van der Waals surface area (Å²) in [7, 11) is 0. The van der Waals surface area contributed by atoms with Crippen molar-refractivity contribution in [3.8, 4) is 0 Å². The van der Waals surface area contributed by atoms with Gasteiger partial charge in [0.25, 0.3) is 0 Å². The van der Waals surface area contributed by atoms with E-state index in [1.165, 1.54) is 75.3 Å². The minimum Gasteiger partial charge on any atom is -0.0613 e. The van der Waals surface area contributed by atoms with Crippen LogP contribution >= 0.6 is 0 Å². The molecule has 0 aromatic heterocycles. The van der Waals surface area contributed by atoms with E-state index < -0.39 is 0 Å². The van der Waals surface area contributed by atoms with Crippen LogP contribution in [0.2, 0.25) is 0 Å². The molecule has 0 aliphatic heterocycles. The van der Waals surface area contributed by atoms with Crippen molar-refractivity contribution < 1.29 is 0 Å². The minimum absolute atomic E-state index is 0.821. The van der Waals surface area contributed by atoms with Gasteiger partial charge in [-0.2, -0.15) is 0 Å². The number of hydrogen-bond donors (Lipinski definition) is 0. The van der Waals surface area contributed by atoms with Gasteiger partial charge in [-0.05, 0) is 110 Å². The fourth-order valence-electron chi connectivity index (χ4n) is 6.09. The molecular weight excluding hydrogens is 360 g/mol. The van der Waals surface area contributed by atoms with Gasteiger partial charge in [0.05, 0.1) is 0 Å². The molecule has 0 spiro atoms. The Labute approximate surface area is 185 Å². The highest BCUT2D eigenvalue weighted by atomic mass is 14.3. The smallest absolute Gasteiger partial charge is 0.0162 e. The monoisotopic (exact) mass is 402 g/mol. The topological polar surface area (TPSA) is 0 Å². The maximum atomic E-state index is 2.40. The first-order chi connectivity index (χ1) is 14.7. The van der Waals surface area contributed by atoms with Crippen molar-refractivity contribution in [1.29, 1.82) is 0 Å². The van der Waals surface area contributed by atoms with E-state index in [0.717, 1.165) is 36.5 Å². The first-order valence-electron chi connectivity index (χ1n) is 12.9.